The van der Waals surface area contributed by atoms with E-state index in [1.807, 2.05) is 23.1 Å². The van der Waals surface area contributed by atoms with E-state index in [-0.39, 0.29) is 35.0 Å². The molecule has 2 aliphatic rings. The highest BCUT2D eigenvalue weighted by atomic mass is 32.1. The highest BCUT2D eigenvalue weighted by Gasteiger charge is 2.34. The van der Waals surface area contributed by atoms with E-state index >= 15 is 8.78 Å². The van der Waals surface area contributed by atoms with Crippen LogP contribution in [-0.4, -0.2) is 65.8 Å². The number of methoxy groups -OCH3 is 1. The number of carbonyl (C=O) groups excluding carboxylic acids is 4. The number of esters is 1. The minimum atomic E-state index is -0.781. The molecule has 2 heterocycles. The fraction of sp³-hybridized carbons (Fsp3) is 0.366. The van der Waals surface area contributed by atoms with Crippen LogP contribution in [0.1, 0.15) is 91.8 Å². The van der Waals surface area contributed by atoms with E-state index in [1.165, 1.54) is 18.4 Å². The van der Waals surface area contributed by atoms with Gasteiger partial charge in [-0.3, -0.25) is 19.3 Å². The summed E-state index contributed by atoms with van der Waals surface area (Å²) in [5, 5.41) is 6.07. The Balaban J connectivity index is 1.15. The van der Waals surface area contributed by atoms with Crippen LogP contribution in [-0.2, 0) is 41.8 Å². The minimum absolute atomic E-state index is 0.0241. The van der Waals surface area contributed by atoms with Crippen molar-refractivity contribution >= 4 is 45.7 Å². The second-order valence-corrected chi connectivity index (χ2v) is 15.4. The first-order valence-electron chi connectivity index (χ1n) is 17.8. The van der Waals surface area contributed by atoms with Crippen molar-refractivity contribution in [3.05, 3.63) is 116 Å². The summed E-state index contributed by atoms with van der Waals surface area (Å²) in [6, 6.07) is 16.2. The van der Waals surface area contributed by atoms with Crippen LogP contribution in [0.5, 0.6) is 0 Å². The number of ether oxygens (including phenoxy) is 1. The number of nitrogens with one attached hydrogen (secondary N) is 2. The summed E-state index contributed by atoms with van der Waals surface area (Å²) in [5.74, 6) is -2.87. The topological polar surface area (TPSA) is 108 Å². The molecular formula is C41H44F2N4O5S. The number of fused-ring (bicyclic) bond motifs is 1. The van der Waals surface area contributed by atoms with Crippen molar-refractivity contribution in [3.8, 4) is 0 Å². The lowest BCUT2D eigenvalue weighted by Crippen LogP contribution is -2.59. The van der Waals surface area contributed by atoms with Crippen LogP contribution in [0.15, 0.2) is 60.7 Å². The van der Waals surface area contributed by atoms with Crippen LogP contribution in [0.3, 0.4) is 0 Å². The van der Waals surface area contributed by atoms with Gasteiger partial charge in [-0.15, -0.1) is 11.3 Å². The Morgan fingerprint density at radius 1 is 0.849 bits per heavy atom. The quantitative estimate of drug-likeness (QED) is 0.164. The fourth-order valence-corrected chi connectivity index (χ4v) is 8.44. The van der Waals surface area contributed by atoms with Crippen molar-refractivity contribution in [3.63, 3.8) is 0 Å². The van der Waals surface area contributed by atoms with Gasteiger partial charge in [0.05, 0.1) is 18.2 Å². The van der Waals surface area contributed by atoms with Gasteiger partial charge >= 0.3 is 5.97 Å². The van der Waals surface area contributed by atoms with Crippen LogP contribution < -0.4 is 10.6 Å². The molecule has 1 aliphatic carbocycles. The average molecular weight is 743 g/mol. The van der Waals surface area contributed by atoms with Crippen molar-refractivity contribution < 1.29 is 32.7 Å². The predicted octanol–water partition coefficient (Wildman–Crippen LogP) is 7.42. The lowest BCUT2D eigenvalue weighted by atomic mass is 9.95. The van der Waals surface area contributed by atoms with E-state index in [9.17, 15) is 19.2 Å². The van der Waals surface area contributed by atoms with Crippen molar-refractivity contribution in [1.82, 2.24) is 9.80 Å². The predicted molar refractivity (Wildman–Crippen MR) is 202 cm³/mol. The van der Waals surface area contributed by atoms with Gasteiger partial charge in [-0.1, -0.05) is 24.3 Å². The number of anilines is 2. The van der Waals surface area contributed by atoms with E-state index in [2.05, 4.69) is 29.4 Å². The van der Waals surface area contributed by atoms with Gasteiger partial charge in [0.2, 0.25) is 5.91 Å². The molecule has 3 amide bonds. The SMILES string of the molecule is COC(=O)c1ccc(CCc2c(F)cc(NC(=O)c3c(NC(=O)c4cccc(CN5CCN(C(C)=O)CC5(C)C)c4)sc4c3CCCC4)cc2F)cc1. The highest BCUT2D eigenvalue weighted by Crippen LogP contribution is 2.39. The summed E-state index contributed by atoms with van der Waals surface area (Å²) >= 11 is 1.37. The molecule has 0 bridgehead atoms. The van der Waals surface area contributed by atoms with Crippen molar-refractivity contribution in [2.75, 3.05) is 37.4 Å². The molecule has 1 aliphatic heterocycles. The molecule has 0 atom stereocenters. The van der Waals surface area contributed by atoms with Gasteiger partial charge in [-0.2, -0.15) is 0 Å². The molecule has 1 saturated heterocycles. The summed E-state index contributed by atoms with van der Waals surface area (Å²) in [7, 11) is 1.30. The zero-order valence-electron chi connectivity index (χ0n) is 30.4. The maximum atomic E-state index is 15.3. The number of thiophene rings is 1. The molecule has 0 radical (unpaired) electrons. The molecule has 53 heavy (non-hydrogen) atoms. The van der Waals surface area contributed by atoms with Crippen molar-refractivity contribution in [2.45, 2.75) is 71.4 Å². The highest BCUT2D eigenvalue weighted by molar-refractivity contribution is 7.17. The number of halogens is 2. The summed E-state index contributed by atoms with van der Waals surface area (Å²) in [6.45, 7) is 8.39. The third-order valence-corrected chi connectivity index (χ3v) is 11.4. The molecular weight excluding hydrogens is 699 g/mol. The zero-order valence-corrected chi connectivity index (χ0v) is 31.3. The van der Waals surface area contributed by atoms with Crippen LogP contribution in [0.4, 0.5) is 19.5 Å². The molecule has 3 aromatic carbocycles. The monoisotopic (exact) mass is 742 g/mol. The number of nitrogens with zero attached hydrogens (tertiary/aromatic N) is 2. The summed E-state index contributed by atoms with van der Waals surface area (Å²) in [4.78, 5) is 56.4. The zero-order chi connectivity index (χ0) is 37.9. The first-order valence-corrected chi connectivity index (χ1v) is 18.7. The summed E-state index contributed by atoms with van der Waals surface area (Å²) in [6.07, 6.45) is 3.71. The second kappa shape index (κ2) is 16.0. The Labute approximate surface area is 312 Å². The van der Waals surface area contributed by atoms with Crippen molar-refractivity contribution in [1.29, 1.82) is 0 Å². The number of aryl methyl sites for hydroxylation is 2. The number of piperazine rings is 1. The van der Waals surface area contributed by atoms with E-state index < -0.39 is 23.5 Å². The number of hydrogen-bond acceptors (Lipinski definition) is 7. The van der Waals surface area contributed by atoms with E-state index in [1.54, 1.807) is 37.3 Å². The van der Waals surface area contributed by atoms with Crippen LogP contribution in [0.25, 0.3) is 0 Å². The van der Waals surface area contributed by atoms with Crippen molar-refractivity contribution in [2.24, 2.45) is 0 Å². The Kier molecular flexibility index (Phi) is 11.4. The Morgan fingerprint density at radius 2 is 1.57 bits per heavy atom. The molecule has 278 valence electrons. The first-order chi connectivity index (χ1) is 25.3. The maximum Gasteiger partial charge on any atom is 0.337 e. The van der Waals surface area contributed by atoms with E-state index in [4.69, 9.17) is 4.74 Å². The smallest absolute Gasteiger partial charge is 0.337 e. The Bertz CT molecular complexity index is 2020. The minimum Gasteiger partial charge on any atom is -0.465 e. The van der Waals surface area contributed by atoms with E-state index in [0.717, 1.165) is 53.0 Å². The number of amides is 3. The number of carbonyl (C=O) groups is 4. The van der Waals surface area contributed by atoms with E-state index in [0.29, 0.717) is 60.7 Å². The van der Waals surface area contributed by atoms with Gasteiger partial charge in [0, 0.05) is 60.3 Å². The molecule has 1 aromatic heterocycles. The third-order valence-electron chi connectivity index (χ3n) is 10.1. The number of rotatable bonds is 10. The molecule has 0 unspecified atom stereocenters. The molecule has 2 N–H and O–H groups in total. The number of hydrogen-bond donors (Lipinski definition) is 2. The molecule has 6 rings (SSSR count). The third kappa shape index (κ3) is 8.66. The van der Waals surface area contributed by atoms with Gasteiger partial charge in [0.15, 0.2) is 0 Å². The van der Waals surface area contributed by atoms with Gasteiger partial charge < -0.3 is 20.3 Å². The Hall–Kier alpha value is -4.94. The Morgan fingerprint density at radius 3 is 2.25 bits per heavy atom. The van der Waals surface area contributed by atoms with Crippen LogP contribution >= 0.6 is 11.3 Å². The van der Waals surface area contributed by atoms with Gasteiger partial charge in [-0.05, 0) is 105 Å². The molecule has 0 spiro atoms. The number of benzene rings is 3. The molecule has 4 aromatic rings. The lowest BCUT2D eigenvalue weighted by Gasteiger charge is -2.47. The van der Waals surface area contributed by atoms with Crippen LogP contribution in [0, 0.1) is 11.6 Å². The molecule has 1 fully saturated rings. The molecule has 0 saturated carbocycles. The van der Waals surface area contributed by atoms with Gasteiger partial charge in [0.1, 0.15) is 16.6 Å². The normalized spacial score (nSPS) is 15.4. The van der Waals surface area contributed by atoms with Gasteiger partial charge in [-0.25, -0.2) is 13.6 Å². The lowest BCUT2D eigenvalue weighted by molar-refractivity contribution is -0.134. The summed E-state index contributed by atoms with van der Waals surface area (Å²) in [5.41, 5.74) is 3.38. The fourth-order valence-electron chi connectivity index (χ4n) is 7.16. The molecule has 9 nitrogen and oxygen atoms in total. The average Bonchev–Trinajstić information content (AvgIpc) is 3.49. The molecule has 12 heteroatoms. The standard InChI is InChI=1S/C41H44F2N4O5S/c1-25(48)46-18-19-47(41(2,3)24-46)23-27-8-7-9-29(20-27)37(49)45-39-36(32-10-5-6-11-35(32)53-39)38(50)44-30-21-33(42)31(34(43)22-30)17-14-26-12-15-28(16-13-26)40(51)52-4/h7-9,12-13,15-16,20-22H,5-6,10-11,14,17-19,23-24H2,1-4H3,(H,44,50)(H,45,49). The largest absolute Gasteiger partial charge is 0.465 e. The summed E-state index contributed by atoms with van der Waals surface area (Å²) < 4.78 is 35.3. The maximum absolute atomic E-state index is 15.3. The second-order valence-electron chi connectivity index (χ2n) is 14.3. The van der Waals surface area contributed by atoms with Gasteiger partial charge in [0.25, 0.3) is 11.8 Å². The van der Waals surface area contributed by atoms with Crippen LogP contribution in [0.2, 0.25) is 0 Å². The first kappa shape index (κ1) is 37.8.